The molecule has 0 bridgehead atoms. The van der Waals surface area contributed by atoms with Crippen molar-refractivity contribution < 1.29 is 14.2 Å². The Hall–Kier alpha value is -2.29. The Bertz CT molecular complexity index is 789. The van der Waals surface area contributed by atoms with Crippen LogP contribution in [-0.2, 0) is 0 Å². The van der Waals surface area contributed by atoms with Crippen LogP contribution < -0.4 is 29.8 Å². The minimum atomic E-state index is -2.00. The highest BCUT2D eigenvalue weighted by molar-refractivity contribution is 7.53. The molecule has 0 aliphatic heterocycles. The molecule has 0 aliphatic rings. The highest BCUT2D eigenvalue weighted by atomic mass is 29.5. The van der Waals surface area contributed by atoms with Crippen LogP contribution in [0.4, 0.5) is 0 Å². The second-order valence-corrected chi connectivity index (χ2v) is 23.0. The van der Waals surface area contributed by atoms with Gasteiger partial charge in [-0.15, -0.1) is 0 Å². The zero-order valence-electron chi connectivity index (χ0n) is 18.5. The Morgan fingerprint density at radius 2 is 0.833 bits per heavy atom. The van der Waals surface area contributed by atoms with Crippen LogP contribution in [0.5, 0.6) is 17.2 Å². The van der Waals surface area contributed by atoms with Gasteiger partial charge in [-0.3, -0.25) is 0 Å². The Balaban J connectivity index is 2.12. The topological polar surface area (TPSA) is 27.7 Å². The van der Waals surface area contributed by atoms with Gasteiger partial charge < -0.3 is 14.2 Å². The maximum Gasteiger partial charge on any atom is 0.129 e. The Morgan fingerprint density at radius 1 is 0.567 bits per heavy atom. The lowest BCUT2D eigenvalue weighted by Gasteiger charge is -2.33. The van der Waals surface area contributed by atoms with E-state index in [1.807, 2.05) is 20.8 Å². The van der Waals surface area contributed by atoms with Crippen molar-refractivity contribution >= 4 is 41.5 Å². The zero-order valence-corrected chi connectivity index (χ0v) is 22.9. The molecule has 0 N–H and O–H groups in total. The first kappa shape index (κ1) is 22.4. The van der Waals surface area contributed by atoms with Crippen molar-refractivity contribution in [1.82, 2.24) is 0 Å². The molecule has 3 aromatic rings. The maximum atomic E-state index is 5.71. The average Bonchev–Trinajstić information content (AvgIpc) is 2.78. The second-order valence-electron chi connectivity index (χ2n) is 7.13. The highest BCUT2D eigenvalue weighted by Crippen LogP contribution is 2.16. The number of benzene rings is 3. The van der Waals surface area contributed by atoms with E-state index >= 15 is 0 Å². The standard InChI is InChI=1S/C24H32O3Si3/c1-4-25-19-7-13-22(14-8-19)30(29-28,23-15-9-20(10-16-23)26-5-2)24-17-11-21(12-18-24)27-6-3/h7-18H,4-6,29H2,1-3,28H3. The summed E-state index contributed by atoms with van der Waals surface area (Å²) in [7, 11) is -1.03. The molecule has 3 aromatic carbocycles. The third kappa shape index (κ3) is 4.71. The van der Waals surface area contributed by atoms with Crippen molar-refractivity contribution in [2.45, 2.75) is 20.8 Å². The summed E-state index contributed by atoms with van der Waals surface area (Å²) in [5.74, 6) is 2.83. The summed E-state index contributed by atoms with van der Waals surface area (Å²) in [6.07, 6.45) is 0. The van der Waals surface area contributed by atoms with Crippen LogP contribution in [0, 0.1) is 0 Å². The van der Waals surface area contributed by atoms with Crippen LogP contribution in [0.25, 0.3) is 0 Å². The summed E-state index contributed by atoms with van der Waals surface area (Å²) in [5, 5.41) is 4.42. The lowest BCUT2D eigenvalue weighted by molar-refractivity contribution is 0.340. The average molecular weight is 453 g/mol. The van der Waals surface area contributed by atoms with Gasteiger partial charge in [0.1, 0.15) is 24.8 Å². The molecule has 0 fully saturated rings. The van der Waals surface area contributed by atoms with Gasteiger partial charge in [-0.25, -0.2) is 0 Å². The fourth-order valence-electron chi connectivity index (χ4n) is 4.12. The molecule has 0 aliphatic carbocycles. The summed E-state index contributed by atoms with van der Waals surface area (Å²) < 4.78 is 17.1. The van der Waals surface area contributed by atoms with E-state index in [0.717, 1.165) is 17.2 Å². The first-order valence-corrected chi connectivity index (χ1v) is 20.9. The van der Waals surface area contributed by atoms with E-state index in [0.29, 0.717) is 19.8 Å². The van der Waals surface area contributed by atoms with Crippen LogP contribution >= 0.6 is 0 Å². The third-order valence-electron chi connectivity index (χ3n) is 5.50. The van der Waals surface area contributed by atoms with Gasteiger partial charge in [0.15, 0.2) is 0 Å². The fourth-order valence-corrected chi connectivity index (χ4v) is 25.4. The van der Waals surface area contributed by atoms with Gasteiger partial charge in [-0.2, -0.15) is 0 Å². The summed E-state index contributed by atoms with van der Waals surface area (Å²) in [6.45, 7) is 8.14. The molecule has 0 aromatic heterocycles. The molecule has 6 heteroatoms. The number of hydrogen-bond acceptors (Lipinski definition) is 3. The molecule has 0 spiro atoms. The van der Waals surface area contributed by atoms with Crippen molar-refractivity contribution in [2.24, 2.45) is 0 Å². The molecule has 30 heavy (non-hydrogen) atoms. The van der Waals surface area contributed by atoms with Crippen molar-refractivity contribution in [3.63, 3.8) is 0 Å². The maximum absolute atomic E-state index is 5.71. The molecule has 3 nitrogen and oxygen atoms in total. The van der Waals surface area contributed by atoms with E-state index in [1.54, 1.807) is 0 Å². The third-order valence-corrected chi connectivity index (χ3v) is 26.9. The minimum Gasteiger partial charge on any atom is -0.494 e. The SMILES string of the molecule is CCOc1ccc([Si]([SiH2][SiH3])(c2ccc(OCC)cc2)c2ccc(OCC)cc2)cc1. The van der Waals surface area contributed by atoms with Crippen molar-refractivity contribution in [2.75, 3.05) is 19.8 Å². The molecule has 0 heterocycles. The second kappa shape index (κ2) is 10.7. The van der Waals surface area contributed by atoms with Gasteiger partial charge in [-0.1, -0.05) is 52.0 Å². The van der Waals surface area contributed by atoms with Crippen molar-refractivity contribution in [3.05, 3.63) is 72.8 Å². The normalized spacial score (nSPS) is 11.7. The van der Waals surface area contributed by atoms with E-state index in [4.69, 9.17) is 14.2 Å². The van der Waals surface area contributed by atoms with Crippen LogP contribution in [0.2, 0.25) is 0 Å². The fraction of sp³-hybridized carbons (Fsp3) is 0.250. The molecule has 0 unspecified atom stereocenters. The van der Waals surface area contributed by atoms with E-state index in [-0.39, 0.29) is 8.55 Å². The molecule has 3 rings (SSSR count). The van der Waals surface area contributed by atoms with Gasteiger partial charge in [0.25, 0.3) is 0 Å². The lowest BCUT2D eigenvalue weighted by Crippen LogP contribution is -2.71. The summed E-state index contributed by atoms with van der Waals surface area (Å²) >= 11 is 0. The number of rotatable bonds is 10. The van der Waals surface area contributed by atoms with E-state index in [9.17, 15) is 0 Å². The van der Waals surface area contributed by atoms with Crippen molar-refractivity contribution in [1.29, 1.82) is 0 Å². The van der Waals surface area contributed by atoms with Crippen LogP contribution in [-0.4, -0.2) is 45.7 Å². The molecule has 0 atom stereocenters. The lowest BCUT2D eigenvalue weighted by atomic mass is 10.3. The van der Waals surface area contributed by atoms with Gasteiger partial charge in [0.2, 0.25) is 0 Å². The first-order valence-electron chi connectivity index (χ1n) is 10.9. The van der Waals surface area contributed by atoms with Crippen LogP contribution in [0.3, 0.4) is 0 Å². The monoisotopic (exact) mass is 452 g/mol. The van der Waals surface area contributed by atoms with E-state index in [2.05, 4.69) is 72.8 Å². The Morgan fingerprint density at radius 3 is 1.03 bits per heavy atom. The van der Waals surface area contributed by atoms with Gasteiger partial charge >= 0.3 is 0 Å². The van der Waals surface area contributed by atoms with Gasteiger partial charge in [0, 0.05) is 8.55 Å². The van der Waals surface area contributed by atoms with Crippen molar-refractivity contribution in [3.8, 4) is 17.2 Å². The van der Waals surface area contributed by atoms with E-state index < -0.39 is 7.59 Å². The Labute approximate surface area is 186 Å². The van der Waals surface area contributed by atoms with Gasteiger partial charge in [0.05, 0.1) is 19.8 Å². The quantitative estimate of drug-likeness (QED) is 0.343. The molecular weight excluding hydrogens is 421 g/mol. The van der Waals surface area contributed by atoms with Crippen LogP contribution in [0.15, 0.2) is 72.8 Å². The molecule has 0 radical (unpaired) electrons. The molecule has 0 amide bonds. The van der Waals surface area contributed by atoms with Gasteiger partial charge in [-0.05, 0) is 66.9 Å². The molecule has 0 saturated heterocycles. The number of hydrogen-bond donors (Lipinski definition) is 0. The highest BCUT2D eigenvalue weighted by Gasteiger charge is 2.37. The largest absolute Gasteiger partial charge is 0.494 e. The summed E-state index contributed by atoms with van der Waals surface area (Å²) in [6, 6.07) is 26.6. The Kier molecular flexibility index (Phi) is 7.95. The summed E-state index contributed by atoms with van der Waals surface area (Å²) in [4.78, 5) is 0. The molecule has 158 valence electrons. The van der Waals surface area contributed by atoms with Crippen LogP contribution in [0.1, 0.15) is 20.8 Å². The predicted octanol–water partition coefficient (Wildman–Crippen LogP) is 1.30. The summed E-state index contributed by atoms with van der Waals surface area (Å²) in [5.41, 5.74) is 0. The zero-order chi connectivity index (χ0) is 21.4. The van der Waals surface area contributed by atoms with E-state index in [1.165, 1.54) is 25.3 Å². The molecule has 0 saturated carbocycles. The minimum absolute atomic E-state index is 0.290. The smallest absolute Gasteiger partial charge is 0.129 e. The predicted molar refractivity (Wildman–Crippen MR) is 136 cm³/mol. The molecular formula is C24H32O3Si3. The first-order chi connectivity index (χ1) is 14.7. The number of ether oxygens (including phenoxy) is 3.